The fraction of sp³-hybridized carbons (Fsp3) is 1.00. The number of nitrogens with one attached hydrogen (secondary N) is 2. The molecule has 4 fully saturated rings. The Kier molecular flexibility index (Phi) is 2.76. The topological polar surface area (TPSA) is 24.1 Å². The Bertz CT molecular complexity index is 341. The largest absolute Gasteiger partial charge is 0.312 e. The summed E-state index contributed by atoms with van der Waals surface area (Å²) in [6.07, 6.45) is 4.30. The molecular formula is C15H26N2S. The number of hydrogen-bond donors (Lipinski definition) is 2. The molecule has 5 unspecified atom stereocenters. The molecule has 2 N–H and O–H groups in total. The molecule has 2 saturated heterocycles. The van der Waals surface area contributed by atoms with E-state index in [1.807, 2.05) is 0 Å². The smallest absolute Gasteiger partial charge is 0.0235 e. The molecular weight excluding hydrogens is 240 g/mol. The highest BCUT2D eigenvalue weighted by atomic mass is 32.2. The Labute approximate surface area is 115 Å². The Balaban J connectivity index is 1.59. The van der Waals surface area contributed by atoms with E-state index in [1.165, 1.54) is 38.1 Å². The van der Waals surface area contributed by atoms with Crippen molar-refractivity contribution in [2.45, 2.75) is 49.9 Å². The van der Waals surface area contributed by atoms with Gasteiger partial charge in [0.05, 0.1) is 0 Å². The fourth-order valence-electron chi connectivity index (χ4n) is 5.58. The Morgan fingerprint density at radius 3 is 2.67 bits per heavy atom. The number of rotatable bonds is 1. The van der Waals surface area contributed by atoms with Crippen LogP contribution >= 0.6 is 11.8 Å². The summed E-state index contributed by atoms with van der Waals surface area (Å²) in [4.78, 5) is 0. The van der Waals surface area contributed by atoms with Gasteiger partial charge in [0, 0.05) is 29.1 Å². The molecule has 2 saturated carbocycles. The van der Waals surface area contributed by atoms with Crippen LogP contribution in [0.2, 0.25) is 0 Å². The molecule has 2 aliphatic carbocycles. The number of fused-ring (bicyclic) bond motifs is 1. The predicted octanol–water partition coefficient (Wildman–Crippen LogP) is 2.10. The molecule has 0 aromatic heterocycles. The van der Waals surface area contributed by atoms with Gasteiger partial charge in [-0.05, 0) is 49.5 Å². The second-order valence-corrected chi connectivity index (χ2v) is 8.51. The van der Waals surface area contributed by atoms with E-state index in [0.29, 0.717) is 5.54 Å². The van der Waals surface area contributed by atoms with Crippen LogP contribution in [-0.2, 0) is 0 Å². The van der Waals surface area contributed by atoms with Gasteiger partial charge in [-0.15, -0.1) is 0 Å². The van der Waals surface area contributed by atoms with E-state index in [-0.39, 0.29) is 0 Å². The van der Waals surface area contributed by atoms with Crippen LogP contribution in [-0.4, -0.2) is 35.7 Å². The molecule has 7 atom stereocenters. The molecule has 3 heteroatoms. The van der Waals surface area contributed by atoms with Crippen molar-refractivity contribution in [3.8, 4) is 0 Å². The number of hydrogen-bond acceptors (Lipinski definition) is 3. The van der Waals surface area contributed by atoms with Gasteiger partial charge in [-0.3, -0.25) is 0 Å². The monoisotopic (exact) mass is 266 g/mol. The Hall–Kier alpha value is 0.270. The van der Waals surface area contributed by atoms with Crippen molar-refractivity contribution < 1.29 is 0 Å². The lowest BCUT2D eigenvalue weighted by molar-refractivity contribution is -0.0774. The maximum absolute atomic E-state index is 3.80. The predicted molar refractivity (Wildman–Crippen MR) is 77.9 cm³/mol. The molecule has 4 rings (SSSR count). The normalized spacial score (nSPS) is 59.0. The van der Waals surface area contributed by atoms with Crippen molar-refractivity contribution in [2.24, 2.45) is 23.7 Å². The summed E-state index contributed by atoms with van der Waals surface area (Å²) < 4.78 is 0. The molecule has 0 radical (unpaired) electrons. The molecule has 18 heavy (non-hydrogen) atoms. The SMILES string of the molecule is C[C@@H]1CC2NCCSC2C1C1[C@@H](C)CC12CCN2. The molecule has 0 amide bonds. The van der Waals surface area contributed by atoms with Crippen LogP contribution in [0.1, 0.15) is 33.1 Å². The van der Waals surface area contributed by atoms with E-state index in [9.17, 15) is 0 Å². The third-order valence-corrected chi connectivity index (χ3v) is 7.75. The van der Waals surface area contributed by atoms with Gasteiger partial charge in [0.1, 0.15) is 0 Å². The van der Waals surface area contributed by atoms with Gasteiger partial charge in [0.15, 0.2) is 0 Å². The number of thioether (sulfide) groups is 1. The first-order valence-electron chi connectivity index (χ1n) is 7.81. The lowest BCUT2D eigenvalue weighted by Gasteiger charge is -2.64. The average molecular weight is 266 g/mol. The molecule has 0 bridgehead atoms. The summed E-state index contributed by atoms with van der Waals surface area (Å²) in [7, 11) is 0. The van der Waals surface area contributed by atoms with Crippen LogP contribution in [0.3, 0.4) is 0 Å². The van der Waals surface area contributed by atoms with Gasteiger partial charge >= 0.3 is 0 Å². The van der Waals surface area contributed by atoms with Crippen LogP contribution in [0, 0.1) is 23.7 Å². The van der Waals surface area contributed by atoms with Crippen molar-refractivity contribution in [3.63, 3.8) is 0 Å². The third kappa shape index (κ3) is 1.50. The van der Waals surface area contributed by atoms with E-state index in [2.05, 4.69) is 36.2 Å². The lowest BCUT2D eigenvalue weighted by Crippen LogP contribution is -2.72. The Morgan fingerprint density at radius 2 is 2.00 bits per heavy atom. The first-order chi connectivity index (χ1) is 8.71. The first-order valence-corrected chi connectivity index (χ1v) is 8.86. The second-order valence-electron chi connectivity index (χ2n) is 7.23. The maximum atomic E-state index is 3.80. The van der Waals surface area contributed by atoms with Gasteiger partial charge in [0.25, 0.3) is 0 Å². The van der Waals surface area contributed by atoms with E-state index in [4.69, 9.17) is 0 Å². The zero-order chi connectivity index (χ0) is 12.3. The minimum absolute atomic E-state index is 0.575. The van der Waals surface area contributed by atoms with Gasteiger partial charge in [0.2, 0.25) is 0 Å². The first kappa shape index (κ1) is 12.0. The highest BCUT2D eigenvalue weighted by Crippen LogP contribution is 2.59. The summed E-state index contributed by atoms with van der Waals surface area (Å²) in [6.45, 7) is 7.51. The molecule has 1 spiro atoms. The van der Waals surface area contributed by atoms with Crippen LogP contribution in [0.15, 0.2) is 0 Å². The van der Waals surface area contributed by atoms with Gasteiger partial charge in [-0.25, -0.2) is 0 Å². The summed E-state index contributed by atoms with van der Waals surface area (Å²) in [6, 6.07) is 0.814. The summed E-state index contributed by atoms with van der Waals surface area (Å²) in [5.41, 5.74) is 0.575. The summed E-state index contributed by atoms with van der Waals surface area (Å²) >= 11 is 2.27. The van der Waals surface area contributed by atoms with Crippen LogP contribution in [0.5, 0.6) is 0 Å². The molecule has 102 valence electrons. The zero-order valence-corrected chi connectivity index (χ0v) is 12.4. The second kappa shape index (κ2) is 4.13. The molecule has 0 aromatic rings. The van der Waals surface area contributed by atoms with E-state index in [1.54, 1.807) is 0 Å². The minimum atomic E-state index is 0.575. The van der Waals surface area contributed by atoms with Crippen molar-refractivity contribution in [1.29, 1.82) is 0 Å². The van der Waals surface area contributed by atoms with Crippen LogP contribution < -0.4 is 10.6 Å². The van der Waals surface area contributed by atoms with Gasteiger partial charge in [-0.1, -0.05) is 13.8 Å². The molecule has 2 aliphatic heterocycles. The van der Waals surface area contributed by atoms with Crippen molar-refractivity contribution in [1.82, 2.24) is 10.6 Å². The highest BCUT2D eigenvalue weighted by molar-refractivity contribution is 8.00. The van der Waals surface area contributed by atoms with E-state index < -0.39 is 0 Å². The van der Waals surface area contributed by atoms with E-state index >= 15 is 0 Å². The van der Waals surface area contributed by atoms with Crippen LogP contribution in [0.4, 0.5) is 0 Å². The lowest BCUT2D eigenvalue weighted by atomic mass is 9.50. The van der Waals surface area contributed by atoms with Crippen LogP contribution in [0.25, 0.3) is 0 Å². The van der Waals surface area contributed by atoms with Gasteiger partial charge in [-0.2, -0.15) is 11.8 Å². The molecule has 0 aromatic carbocycles. The third-order valence-electron chi connectivity index (χ3n) is 6.28. The molecule has 2 nitrogen and oxygen atoms in total. The maximum Gasteiger partial charge on any atom is 0.0235 e. The fourth-order valence-corrected chi connectivity index (χ4v) is 7.19. The average Bonchev–Trinajstić information content (AvgIpc) is 2.61. The van der Waals surface area contributed by atoms with Gasteiger partial charge < -0.3 is 10.6 Å². The van der Waals surface area contributed by atoms with Crippen molar-refractivity contribution in [3.05, 3.63) is 0 Å². The zero-order valence-electron chi connectivity index (χ0n) is 11.6. The van der Waals surface area contributed by atoms with E-state index in [0.717, 1.165) is 35.0 Å². The molecule has 2 heterocycles. The standard InChI is InChI=1S/C15H26N2S/c1-9-7-11-14(18-6-5-16-11)12(9)13-10(2)8-15(13)3-4-17-15/h9-14,16-17H,3-8H2,1-2H3/t9-,10+,11?,12?,13?,14?,15?/m1/s1. The quantitative estimate of drug-likeness (QED) is 0.760. The van der Waals surface area contributed by atoms with Crippen molar-refractivity contribution in [2.75, 3.05) is 18.8 Å². The van der Waals surface area contributed by atoms with Crippen molar-refractivity contribution >= 4 is 11.8 Å². The Morgan fingerprint density at radius 1 is 1.17 bits per heavy atom. The summed E-state index contributed by atoms with van der Waals surface area (Å²) in [5, 5.41) is 8.49. The highest BCUT2D eigenvalue weighted by Gasteiger charge is 2.61. The molecule has 4 aliphatic rings. The minimum Gasteiger partial charge on any atom is -0.312 e. The summed E-state index contributed by atoms with van der Waals surface area (Å²) in [5.74, 6) is 5.12.